The zero-order valence-electron chi connectivity index (χ0n) is 17.8. The second kappa shape index (κ2) is 10.8. The van der Waals surface area contributed by atoms with Crippen molar-refractivity contribution in [2.75, 3.05) is 11.9 Å². The normalized spacial score (nSPS) is 14.4. The molecule has 0 spiro atoms. The average Bonchev–Trinajstić information content (AvgIpc) is 3.09. The lowest BCUT2D eigenvalue weighted by Crippen LogP contribution is -2.36. The third kappa shape index (κ3) is 6.10. The van der Waals surface area contributed by atoms with Crippen LogP contribution >= 0.6 is 35.1 Å². The van der Waals surface area contributed by atoms with Crippen molar-refractivity contribution < 1.29 is 19.3 Å². The summed E-state index contributed by atoms with van der Waals surface area (Å²) in [5.74, 6) is -1.15. The van der Waals surface area contributed by atoms with Crippen LogP contribution in [0.5, 0.6) is 0 Å². The van der Waals surface area contributed by atoms with Gasteiger partial charge in [-0.1, -0.05) is 47.6 Å². The molecule has 11 heteroatoms. The van der Waals surface area contributed by atoms with E-state index in [2.05, 4.69) is 5.32 Å². The molecule has 0 aliphatic carbocycles. The summed E-state index contributed by atoms with van der Waals surface area (Å²) in [5.41, 5.74) is 0.792. The quantitative estimate of drug-likeness (QED) is 0.226. The van der Waals surface area contributed by atoms with Crippen molar-refractivity contribution in [2.45, 2.75) is 9.79 Å². The SMILES string of the molecule is O=C(CN1C(=O)S/C(=C\c2ccc(Sc3ccc(Cl)cc3)c([N+](=O)[O-])c2)C1=O)Nc1ccccc1. The molecule has 3 aromatic rings. The van der Waals surface area contributed by atoms with E-state index in [9.17, 15) is 24.5 Å². The number of benzene rings is 3. The number of rotatable bonds is 7. The lowest BCUT2D eigenvalue weighted by molar-refractivity contribution is -0.387. The van der Waals surface area contributed by atoms with Crippen LogP contribution in [0.2, 0.25) is 5.02 Å². The van der Waals surface area contributed by atoms with Crippen LogP contribution in [-0.2, 0) is 9.59 Å². The van der Waals surface area contributed by atoms with Crippen LogP contribution in [0, 0.1) is 10.1 Å². The second-order valence-electron chi connectivity index (χ2n) is 7.22. The molecule has 0 unspecified atom stereocenters. The Hall–Kier alpha value is -3.60. The van der Waals surface area contributed by atoms with Gasteiger partial charge in [-0.2, -0.15) is 0 Å². The Morgan fingerprint density at radius 1 is 1.09 bits per heavy atom. The van der Waals surface area contributed by atoms with Gasteiger partial charge in [0.2, 0.25) is 5.91 Å². The highest BCUT2D eigenvalue weighted by Gasteiger charge is 2.36. The van der Waals surface area contributed by atoms with Crippen LogP contribution in [0.4, 0.5) is 16.2 Å². The summed E-state index contributed by atoms with van der Waals surface area (Å²) in [5, 5.41) is 14.3. The first-order valence-corrected chi connectivity index (χ1v) is 12.1. The summed E-state index contributed by atoms with van der Waals surface area (Å²) in [6.07, 6.45) is 1.41. The molecule has 176 valence electrons. The molecule has 1 aliphatic heterocycles. The largest absolute Gasteiger partial charge is 0.325 e. The molecule has 3 aromatic carbocycles. The zero-order chi connectivity index (χ0) is 24.9. The molecule has 3 amide bonds. The van der Waals surface area contributed by atoms with E-state index in [1.807, 2.05) is 0 Å². The van der Waals surface area contributed by atoms with Crippen LogP contribution in [0.15, 0.2) is 87.5 Å². The number of anilines is 1. The van der Waals surface area contributed by atoms with Crippen LogP contribution in [0.1, 0.15) is 5.56 Å². The van der Waals surface area contributed by atoms with E-state index in [1.54, 1.807) is 66.7 Å². The molecule has 1 fully saturated rings. The Balaban J connectivity index is 1.50. The van der Waals surface area contributed by atoms with E-state index in [-0.39, 0.29) is 10.6 Å². The van der Waals surface area contributed by atoms with Gasteiger partial charge in [0, 0.05) is 21.7 Å². The maximum Gasteiger partial charge on any atom is 0.294 e. The molecule has 1 saturated heterocycles. The lowest BCUT2D eigenvalue weighted by Gasteiger charge is -2.12. The zero-order valence-corrected chi connectivity index (χ0v) is 20.2. The van der Waals surface area contributed by atoms with Gasteiger partial charge in [-0.15, -0.1) is 0 Å². The van der Waals surface area contributed by atoms with Crippen molar-refractivity contribution in [2.24, 2.45) is 0 Å². The van der Waals surface area contributed by atoms with Gasteiger partial charge in [0.25, 0.3) is 16.8 Å². The molecule has 0 radical (unpaired) electrons. The Bertz CT molecular complexity index is 1350. The van der Waals surface area contributed by atoms with Crippen molar-refractivity contribution in [3.05, 3.63) is 98.4 Å². The lowest BCUT2D eigenvalue weighted by atomic mass is 10.2. The number of carbonyl (C=O) groups is 3. The second-order valence-corrected chi connectivity index (χ2v) is 9.77. The minimum absolute atomic E-state index is 0.0786. The average molecular weight is 526 g/mol. The van der Waals surface area contributed by atoms with Crippen molar-refractivity contribution in [3.8, 4) is 0 Å². The number of nitro groups is 1. The summed E-state index contributed by atoms with van der Waals surface area (Å²) in [7, 11) is 0. The van der Waals surface area contributed by atoms with E-state index in [0.29, 0.717) is 32.9 Å². The number of halogens is 1. The molecule has 35 heavy (non-hydrogen) atoms. The standard InChI is InChI=1S/C24H16ClN3O5S2/c25-16-7-9-18(10-8-16)34-20-11-6-15(12-19(20)28(32)33)13-21-23(30)27(24(31)35-21)14-22(29)26-17-4-2-1-3-5-17/h1-13H,14H2,(H,26,29)/b21-13-. The fourth-order valence-electron chi connectivity index (χ4n) is 3.14. The van der Waals surface area contributed by atoms with Gasteiger partial charge in [-0.05, 0) is 65.9 Å². The van der Waals surface area contributed by atoms with Crippen LogP contribution in [0.3, 0.4) is 0 Å². The smallest absolute Gasteiger partial charge is 0.294 e. The number of thioether (sulfide) groups is 1. The first-order chi connectivity index (χ1) is 16.8. The number of carbonyl (C=O) groups excluding carboxylic acids is 3. The van der Waals surface area contributed by atoms with Crippen molar-refractivity contribution in [3.63, 3.8) is 0 Å². The number of nitro benzene ring substituents is 1. The predicted molar refractivity (Wildman–Crippen MR) is 136 cm³/mol. The summed E-state index contributed by atoms with van der Waals surface area (Å²) in [6, 6.07) is 20.1. The molecule has 0 atom stereocenters. The van der Waals surface area contributed by atoms with E-state index in [4.69, 9.17) is 11.6 Å². The molecular formula is C24H16ClN3O5S2. The first kappa shape index (κ1) is 24.5. The van der Waals surface area contributed by atoms with Crippen LogP contribution in [-0.4, -0.2) is 33.4 Å². The molecule has 1 heterocycles. The Morgan fingerprint density at radius 2 is 1.80 bits per heavy atom. The Labute approximate surface area is 213 Å². The van der Waals surface area contributed by atoms with Gasteiger partial charge >= 0.3 is 0 Å². The monoisotopic (exact) mass is 525 g/mol. The highest BCUT2D eigenvalue weighted by Crippen LogP contribution is 2.37. The predicted octanol–water partition coefficient (Wildman–Crippen LogP) is 6.07. The minimum atomic E-state index is -0.634. The number of hydrogen-bond acceptors (Lipinski definition) is 7. The van der Waals surface area contributed by atoms with E-state index in [0.717, 1.165) is 9.80 Å². The van der Waals surface area contributed by atoms with Crippen LogP contribution < -0.4 is 5.32 Å². The minimum Gasteiger partial charge on any atom is -0.325 e. The number of imide groups is 1. The molecule has 1 aliphatic rings. The van der Waals surface area contributed by atoms with Gasteiger partial charge < -0.3 is 5.32 Å². The molecule has 1 N–H and O–H groups in total. The highest BCUT2D eigenvalue weighted by molar-refractivity contribution is 8.18. The maximum absolute atomic E-state index is 12.7. The molecule has 8 nitrogen and oxygen atoms in total. The highest BCUT2D eigenvalue weighted by atomic mass is 35.5. The van der Waals surface area contributed by atoms with Crippen molar-refractivity contribution in [1.82, 2.24) is 4.90 Å². The number of amides is 3. The topological polar surface area (TPSA) is 110 Å². The number of nitrogens with one attached hydrogen (secondary N) is 1. The molecule has 0 saturated carbocycles. The first-order valence-electron chi connectivity index (χ1n) is 10.1. The van der Waals surface area contributed by atoms with Crippen LogP contribution in [0.25, 0.3) is 6.08 Å². The molecule has 0 aromatic heterocycles. The third-order valence-corrected chi connectivity index (χ3v) is 6.98. The Kier molecular flexibility index (Phi) is 7.54. The maximum atomic E-state index is 12.7. The number of nitrogens with zero attached hydrogens (tertiary/aromatic N) is 2. The summed E-state index contributed by atoms with van der Waals surface area (Å²) in [4.78, 5) is 50.7. The van der Waals surface area contributed by atoms with Gasteiger partial charge in [0.15, 0.2) is 0 Å². The van der Waals surface area contributed by atoms with Gasteiger partial charge in [0.1, 0.15) is 6.54 Å². The fourth-order valence-corrected chi connectivity index (χ4v) is 5.00. The van der Waals surface area contributed by atoms with Gasteiger partial charge in [0.05, 0.1) is 14.7 Å². The number of para-hydroxylation sites is 1. The van der Waals surface area contributed by atoms with Crippen molar-refractivity contribution >= 4 is 69.6 Å². The molecule has 4 rings (SSSR count). The third-order valence-electron chi connectivity index (χ3n) is 4.75. The van der Waals surface area contributed by atoms with E-state index < -0.39 is 28.5 Å². The van der Waals surface area contributed by atoms with Gasteiger partial charge in [-0.3, -0.25) is 29.4 Å². The summed E-state index contributed by atoms with van der Waals surface area (Å²) < 4.78 is 0. The fraction of sp³-hybridized carbons (Fsp3) is 0.0417. The van der Waals surface area contributed by atoms with Gasteiger partial charge in [-0.25, -0.2) is 0 Å². The van der Waals surface area contributed by atoms with E-state index in [1.165, 1.54) is 23.9 Å². The summed E-state index contributed by atoms with van der Waals surface area (Å²) in [6.45, 7) is -0.437. The number of hydrogen-bond donors (Lipinski definition) is 1. The molecular weight excluding hydrogens is 510 g/mol. The molecule has 0 bridgehead atoms. The Morgan fingerprint density at radius 3 is 2.49 bits per heavy atom. The summed E-state index contributed by atoms with van der Waals surface area (Å²) >= 11 is 7.78. The van der Waals surface area contributed by atoms with Crippen molar-refractivity contribution in [1.29, 1.82) is 0 Å². The van der Waals surface area contributed by atoms with E-state index >= 15 is 0 Å².